The van der Waals surface area contributed by atoms with Gasteiger partial charge in [0.1, 0.15) is 5.82 Å². The van der Waals surface area contributed by atoms with E-state index in [1.807, 2.05) is 38.4 Å². The van der Waals surface area contributed by atoms with Crippen LogP contribution in [0.25, 0.3) is 0 Å². The Kier molecular flexibility index (Phi) is 8.24. The summed E-state index contributed by atoms with van der Waals surface area (Å²) in [6.45, 7) is 1.55. The molecular weight excluding hydrogens is 404 g/mol. The summed E-state index contributed by atoms with van der Waals surface area (Å²) in [6, 6.07) is 8.50. The molecule has 0 spiro atoms. The average Bonchev–Trinajstić information content (AvgIpc) is 3.38. The number of aryl methyl sites for hydroxylation is 1. The molecule has 0 atom stereocenters. The van der Waals surface area contributed by atoms with Crippen molar-refractivity contribution in [2.24, 2.45) is 4.99 Å². The zero-order valence-electron chi connectivity index (χ0n) is 17.6. The molecular formula is C21H31ClN6S. The maximum atomic E-state index is 6.29. The number of rotatable bonds is 8. The number of aliphatic imine (C=N–C) groups is 1. The van der Waals surface area contributed by atoms with Gasteiger partial charge in [-0.3, -0.25) is 4.99 Å². The molecule has 0 amide bonds. The van der Waals surface area contributed by atoms with Crippen LogP contribution < -0.4 is 5.32 Å². The number of hydrogen-bond donors (Lipinski definition) is 1. The third-order valence-electron chi connectivity index (χ3n) is 5.41. The minimum Gasteiger partial charge on any atom is -0.356 e. The molecule has 0 radical (unpaired) electrons. The van der Waals surface area contributed by atoms with Crippen LogP contribution in [0.3, 0.4) is 0 Å². The summed E-state index contributed by atoms with van der Waals surface area (Å²) in [7, 11) is 3.84. The van der Waals surface area contributed by atoms with Crippen LogP contribution in [0.4, 0.5) is 0 Å². The third kappa shape index (κ3) is 5.66. The van der Waals surface area contributed by atoms with Gasteiger partial charge in [0.05, 0.1) is 0 Å². The molecule has 1 aromatic heterocycles. The summed E-state index contributed by atoms with van der Waals surface area (Å²) in [5, 5.41) is 14.2. The first kappa shape index (κ1) is 22.0. The van der Waals surface area contributed by atoms with Crippen LogP contribution in [0.2, 0.25) is 5.02 Å². The molecule has 0 unspecified atom stereocenters. The molecule has 1 N–H and O–H groups in total. The number of hydrogen-bond acceptors (Lipinski definition) is 4. The van der Waals surface area contributed by atoms with Crippen LogP contribution >= 0.6 is 23.4 Å². The quantitative estimate of drug-likeness (QED) is 0.288. The molecule has 2 aromatic rings. The summed E-state index contributed by atoms with van der Waals surface area (Å²) in [5.41, 5.74) is 1.09. The van der Waals surface area contributed by atoms with E-state index in [2.05, 4.69) is 36.2 Å². The van der Waals surface area contributed by atoms with Crippen molar-refractivity contribution in [3.63, 3.8) is 0 Å². The van der Waals surface area contributed by atoms with Gasteiger partial charge in [-0.15, -0.1) is 10.2 Å². The predicted molar refractivity (Wildman–Crippen MR) is 122 cm³/mol. The summed E-state index contributed by atoms with van der Waals surface area (Å²) in [5.74, 6) is 1.98. The van der Waals surface area contributed by atoms with Crippen LogP contribution in [0, 0.1) is 0 Å². The highest BCUT2D eigenvalue weighted by Gasteiger charge is 2.23. The van der Waals surface area contributed by atoms with Crippen LogP contribution in [0.1, 0.15) is 49.5 Å². The molecule has 158 valence electrons. The highest BCUT2D eigenvalue weighted by atomic mass is 35.5. The van der Waals surface area contributed by atoms with Crippen molar-refractivity contribution in [1.82, 2.24) is 25.0 Å². The predicted octanol–water partition coefficient (Wildman–Crippen LogP) is 4.41. The minimum absolute atomic E-state index is 0.574. The zero-order chi connectivity index (χ0) is 20.6. The van der Waals surface area contributed by atoms with E-state index in [0.717, 1.165) is 46.9 Å². The van der Waals surface area contributed by atoms with Gasteiger partial charge >= 0.3 is 0 Å². The Morgan fingerprint density at radius 1 is 1.31 bits per heavy atom. The summed E-state index contributed by atoms with van der Waals surface area (Å²) >= 11 is 7.98. The van der Waals surface area contributed by atoms with Crippen molar-refractivity contribution in [3.8, 4) is 0 Å². The number of guanidine groups is 1. The average molecular weight is 435 g/mol. The fraction of sp³-hybridized carbons (Fsp3) is 0.571. The van der Waals surface area contributed by atoms with Crippen molar-refractivity contribution >= 4 is 29.3 Å². The van der Waals surface area contributed by atoms with Crippen LogP contribution in [0.5, 0.6) is 0 Å². The Morgan fingerprint density at radius 2 is 2.07 bits per heavy atom. The maximum Gasteiger partial charge on any atom is 0.193 e. The van der Waals surface area contributed by atoms with Gasteiger partial charge in [-0.05, 0) is 37.1 Å². The first-order valence-corrected chi connectivity index (χ1v) is 11.9. The van der Waals surface area contributed by atoms with E-state index < -0.39 is 0 Å². The van der Waals surface area contributed by atoms with Gasteiger partial charge in [-0.25, -0.2) is 0 Å². The van der Waals surface area contributed by atoms with Gasteiger partial charge < -0.3 is 14.8 Å². The van der Waals surface area contributed by atoms with E-state index in [0.29, 0.717) is 12.6 Å². The van der Waals surface area contributed by atoms with Gasteiger partial charge in [0.15, 0.2) is 11.1 Å². The SMILES string of the molecule is CN=C(NCCCc1nnc(SC)n1C1CCCC1)N(C)Cc1ccccc1Cl. The van der Waals surface area contributed by atoms with Gasteiger partial charge in [-0.2, -0.15) is 0 Å². The van der Waals surface area contributed by atoms with Crippen molar-refractivity contribution < 1.29 is 0 Å². The summed E-state index contributed by atoms with van der Waals surface area (Å²) < 4.78 is 2.38. The number of benzene rings is 1. The molecule has 0 saturated heterocycles. The maximum absolute atomic E-state index is 6.29. The lowest BCUT2D eigenvalue weighted by molar-refractivity contribution is 0.457. The van der Waals surface area contributed by atoms with Gasteiger partial charge in [0.25, 0.3) is 0 Å². The first-order chi connectivity index (χ1) is 14.1. The van der Waals surface area contributed by atoms with E-state index in [1.165, 1.54) is 25.7 Å². The highest BCUT2D eigenvalue weighted by Crippen LogP contribution is 2.33. The van der Waals surface area contributed by atoms with Crippen molar-refractivity contribution in [1.29, 1.82) is 0 Å². The molecule has 1 aliphatic carbocycles. The van der Waals surface area contributed by atoms with E-state index in [1.54, 1.807) is 11.8 Å². The Hall–Kier alpha value is -1.73. The summed E-state index contributed by atoms with van der Waals surface area (Å²) in [4.78, 5) is 6.50. The van der Waals surface area contributed by atoms with E-state index in [4.69, 9.17) is 11.6 Å². The van der Waals surface area contributed by atoms with Crippen molar-refractivity contribution in [2.75, 3.05) is 26.9 Å². The van der Waals surface area contributed by atoms with Crippen LogP contribution in [0.15, 0.2) is 34.4 Å². The Bertz CT molecular complexity index is 815. The number of nitrogens with zero attached hydrogens (tertiary/aromatic N) is 5. The molecule has 6 nitrogen and oxygen atoms in total. The van der Waals surface area contributed by atoms with Crippen molar-refractivity contribution in [2.45, 2.75) is 56.3 Å². The van der Waals surface area contributed by atoms with Gasteiger partial charge in [-0.1, -0.05) is 54.4 Å². The smallest absolute Gasteiger partial charge is 0.193 e. The third-order valence-corrected chi connectivity index (χ3v) is 6.42. The molecule has 0 bridgehead atoms. The molecule has 1 heterocycles. The molecule has 1 aliphatic rings. The second-order valence-electron chi connectivity index (χ2n) is 7.44. The highest BCUT2D eigenvalue weighted by molar-refractivity contribution is 7.98. The minimum atomic E-state index is 0.574. The fourth-order valence-electron chi connectivity index (χ4n) is 3.93. The lowest BCUT2D eigenvalue weighted by Gasteiger charge is -2.22. The molecule has 3 rings (SSSR count). The largest absolute Gasteiger partial charge is 0.356 e. The zero-order valence-corrected chi connectivity index (χ0v) is 19.1. The molecule has 29 heavy (non-hydrogen) atoms. The normalized spacial score (nSPS) is 15.1. The number of thioether (sulfide) groups is 1. The van der Waals surface area contributed by atoms with E-state index in [-0.39, 0.29) is 0 Å². The topological polar surface area (TPSA) is 58.3 Å². The fourth-order valence-corrected chi connectivity index (χ4v) is 4.70. The lowest BCUT2D eigenvalue weighted by atomic mass is 10.2. The Labute approximate surface area is 183 Å². The first-order valence-electron chi connectivity index (χ1n) is 10.3. The van der Waals surface area contributed by atoms with Gasteiger partial charge in [0, 0.05) is 44.7 Å². The van der Waals surface area contributed by atoms with E-state index >= 15 is 0 Å². The summed E-state index contributed by atoms with van der Waals surface area (Å²) in [6.07, 6.45) is 9.10. The van der Waals surface area contributed by atoms with Crippen LogP contribution in [-0.2, 0) is 13.0 Å². The second-order valence-corrected chi connectivity index (χ2v) is 8.62. The number of nitrogens with one attached hydrogen (secondary N) is 1. The standard InChI is InChI=1S/C21H31ClN6S/c1-23-20(27(2)15-16-9-4-7-12-18(16)22)24-14-8-13-19-25-26-21(29-3)28(19)17-10-5-6-11-17/h4,7,9,12,17H,5-6,8,10-11,13-15H2,1-3H3,(H,23,24). The molecule has 1 aromatic carbocycles. The monoisotopic (exact) mass is 434 g/mol. The lowest BCUT2D eigenvalue weighted by Crippen LogP contribution is -2.39. The van der Waals surface area contributed by atoms with Crippen molar-refractivity contribution in [3.05, 3.63) is 40.7 Å². The number of halogens is 1. The van der Waals surface area contributed by atoms with Gasteiger partial charge in [0.2, 0.25) is 0 Å². The Balaban J connectivity index is 1.52. The number of aromatic nitrogens is 3. The second kappa shape index (κ2) is 10.9. The molecule has 1 fully saturated rings. The molecule has 8 heteroatoms. The van der Waals surface area contributed by atoms with E-state index in [9.17, 15) is 0 Å². The van der Waals surface area contributed by atoms with Crippen LogP contribution in [-0.4, -0.2) is 52.5 Å². The molecule has 1 saturated carbocycles. The molecule has 0 aliphatic heterocycles. The Morgan fingerprint density at radius 3 is 2.76 bits per heavy atom.